The van der Waals surface area contributed by atoms with Crippen LogP contribution in [0.4, 0.5) is 5.69 Å². The Balaban J connectivity index is 3.70. The van der Waals surface area contributed by atoms with Crippen LogP contribution in [-0.2, 0) is 10.7 Å². The largest absolute Gasteiger partial charge is 0.275 e. The van der Waals surface area contributed by atoms with E-state index < -0.39 is 0 Å². The molecule has 0 aliphatic rings. The van der Waals surface area contributed by atoms with Gasteiger partial charge in [0.05, 0.1) is 4.92 Å². The molecule has 1 aromatic rings. The molecular weight excluding hydrogens is 338 g/mol. The van der Waals surface area contributed by atoms with E-state index in [0.717, 1.165) is 27.8 Å². The van der Waals surface area contributed by atoms with Crippen molar-refractivity contribution in [1.82, 2.24) is 0 Å². The number of nitro groups is 1. The molecule has 0 spiro atoms. The van der Waals surface area contributed by atoms with Crippen molar-refractivity contribution in [1.29, 1.82) is 0 Å². The van der Waals surface area contributed by atoms with Gasteiger partial charge in [0, 0.05) is 21.8 Å². The van der Waals surface area contributed by atoms with Gasteiger partial charge in [-0.2, -0.15) is 0 Å². The van der Waals surface area contributed by atoms with Crippen LogP contribution >= 0.6 is 31.9 Å². The summed E-state index contributed by atoms with van der Waals surface area (Å²) in [7, 11) is 0. The van der Waals surface area contributed by atoms with Crippen molar-refractivity contribution >= 4 is 37.5 Å². The predicted octanol–water partition coefficient (Wildman–Crippen LogP) is 4.31. The standard InChI is InChI=1S/C11H13Br2NO2/c1-6-9(4-12)7(2)11(14(15)16)8(3)10(6)5-13/h4-5H2,1-3H3. The molecule has 1 aromatic carbocycles. The van der Waals surface area contributed by atoms with Crippen molar-refractivity contribution in [3.63, 3.8) is 0 Å². The zero-order valence-corrected chi connectivity index (χ0v) is 12.6. The molecule has 0 N–H and O–H groups in total. The van der Waals surface area contributed by atoms with Crippen molar-refractivity contribution in [3.8, 4) is 0 Å². The van der Waals surface area contributed by atoms with E-state index in [2.05, 4.69) is 31.9 Å². The Bertz CT molecular complexity index is 413. The lowest BCUT2D eigenvalue weighted by Crippen LogP contribution is -2.05. The summed E-state index contributed by atoms with van der Waals surface area (Å²) in [6, 6.07) is 0. The minimum atomic E-state index is -0.289. The van der Waals surface area contributed by atoms with E-state index >= 15 is 0 Å². The number of nitro benzene ring substituents is 1. The summed E-state index contributed by atoms with van der Waals surface area (Å²) in [6.07, 6.45) is 0. The smallest absolute Gasteiger partial charge is 0.258 e. The van der Waals surface area contributed by atoms with E-state index in [0.29, 0.717) is 10.7 Å². The van der Waals surface area contributed by atoms with Crippen molar-refractivity contribution in [2.24, 2.45) is 0 Å². The molecule has 16 heavy (non-hydrogen) atoms. The number of alkyl halides is 2. The number of rotatable bonds is 3. The van der Waals surface area contributed by atoms with Crippen molar-refractivity contribution in [2.75, 3.05) is 0 Å². The van der Waals surface area contributed by atoms with Crippen molar-refractivity contribution in [2.45, 2.75) is 31.4 Å². The Labute approximate surface area is 112 Å². The first-order valence-electron chi connectivity index (χ1n) is 4.83. The molecule has 0 radical (unpaired) electrons. The van der Waals surface area contributed by atoms with Gasteiger partial charge in [0.25, 0.3) is 5.69 Å². The molecule has 1 rings (SSSR count). The van der Waals surface area contributed by atoms with Crippen molar-refractivity contribution in [3.05, 3.63) is 37.9 Å². The average Bonchev–Trinajstić information content (AvgIpc) is 2.18. The Kier molecular flexibility index (Phi) is 4.50. The van der Waals surface area contributed by atoms with Gasteiger partial charge in [-0.25, -0.2) is 0 Å². The van der Waals surface area contributed by atoms with Crippen LogP contribution in [0.3, 0.4) is 0 Å². The summed E-state index contributed by atoms with van der Waals surface area (Å²) >= 11 is 6.78. The Hall–Kier alpha value is -0.420. The maximum atomic E-state index is 11.1. The topological polar surface area (TPSA) is 43.1 Å². The lowest BCUT2D eigenvalue weighted by Gasteiger charge is -2.15. The predicted molar refractivity (Wildman–Crippen MR) is 72.6 cm³/mol. The van der Waals surface area contributed by atoms with E-state index in [9.17, 15) is 10.1 Å². The molecule has 0 heterocycles. The highest BCUT2D eigenvalue weighted by Crippen LogP contribution is 2.34. The van der Waals surface area contributed by atoms with E-state index in [1.165, 1.54) is 0 Å². The Morgan fingerprint density at radius 3 is 1.62 bits per heavy atom. The van der Waals surface area contributed by atoms with Crippen LogP contribution in [0.1, 0.15) is 27.8 Å². The van der Waals surface area contributed by atoms with Crippen LogP contribution in [0.5, 0.6) is 0 Å². The fourth-order valence-electron chi connectivity index (χ4n) is 1.99. The van der Waals surface area contributed by atoms with Gasteiger partial charge in [-0.1, -0.05) is 31.9 Å². The molecule has 88 valence electrons. The van der Waals surface area contributed by atoms with Crippen LogP contribution in [0.2, 0.25) is 0 Å². The van der Waals surface area contributed by atoms with Crippen LogP contribution in [0, 0.1) is 30.9 Å². The van der Waals surface area contributed by atoms with Crippen LogP contribution < -0.4 is 0 Å². The molecule has 5 heteroatoms. The summed E-state index contributed by atoms with van der Waals surface area (Å²) < 4.78 is 0. The molecule has 0 bridgehead atoms. The number of halogens is 2. The third-order valence-corrected chi connectivity index (χ3v) is 4.09. The summed E-state index contributed by atoms with van der Waals surface area (Å²) in [4.78, 5) is 10.8. The number of nitrogens with zero attached hydrogens (tertiary/aromatic N) is 1. The SMILES string of the molecule is Cc1c(CBr)c(C)c([N+](=O)[O-])c(C)c1CBr. The van der Waals surface area contributed by atoms with Crippen molar-refractivity contribution < 1.29 is 4.92 Å². The molecule has 0 atom stereocenters. The second kappa shape index (κ2) is 5.27. The molecule has 0 unspecified atom stereocenters. The summed E-state index contributed by atoms with van der Waals surface area (Å²) in [5, 5.41) is 12.4. The average molecular weight is 351 g/mol. The highest BCUT2D eigenvalue weighted by atomic mass is 79.9. The fraction of sp³-hybridized carbons (Fsp3) is 0.455. The molecule has 0 aromatic heterocycles. The normalized spacial score (nSPS) is 10.6. The minimum Gasteiger partial charge on any atom is -0.258 e. The number of hydrogen-bond acceptors (Lipinski definition) is 2. The molecule has 0 aliphatic carbocycles. The van der Waals surface area contributed by atoms with Gasteiger partial charge >= 0.3 is 0 Å². The quantitative estimate of drug-likeness (QED) is 0.463. The molecule has 3 nitrogen and oxygen atoms in total. The first-order valence-corrected chi connectivity index (χ1v) is 7.07. The van der Waals surface area contributed by atoms with Gasteiger partial charge < -0.3 is 0 Å². The zero-order chi connectivity index (χ0) is 12.5. The van der Waals surface area contributed by atoms with Gasteiger partial charge in [0.15, 0.2) is 0 Å². The molecule has 0 saturated heterocycles. The third kappa shape index (κ3) is 2.15. The molecule has 0 fully saturated rings. The first-order chi connectivity index (χ1) is 7.45. The maximum absolute atomic E-state index is 11.1. The fourth-order valence-corrected chi connectivity index (χ4v) is 3.67. The van der Waals surface area contributed by atoms with E-state index in [1.807, 2.05) is 20.8 Å². The maximum Gasteiger partial charge on any atom is 0.275 e. The Morgan fingerprint density at radius 1 is 1.00 bits per heavy atom. The number of hydrogen-bond donors (Lipinski definition) is 0. The van der Waals surface area contributed by atoms with Gasteiger partial charge in [0.1, 0.15) is 0 Å². The minimum absolute atomic E-state index is 0.245. The summed E-state index contributed by atoms with van der Waals surface area (Å²) in [6.45, 7) is 5.64. The van der Waals surface area contributed by atoms with Gasteiger partial charge in [-0.15, -0.1) is 0 Å². The first kappa shape index (κ1) is 13.6. The summed E-state index contributed by atoms with van der Waals surface area (Å²) in [5.41, 5.74) is 4.95. The van der Waals surface area contributed by atoms with E-state index in [1.54, 1.807) is 0 Å². The molecule has 0 aliphatic heterocycles. The lowest BCUT2D eigenvalue weighted by molar-refractivity contribution is -0.386. The zero-order valence-electron chi connectivity index (χ0n) is 9.43. The third-order valence-electron chi connectivity index (χ3n) is 2.97. The molecule has 0 saturated carbocycles. The van der Waals surface area contributed by atoms with Gasteiger partial charge in [-0.05, 0) is 37.5 Å². The van der Waals surface area contributed by atoms with Crippen LogP contribution in [0.25, 0.3) is 0 Å². The molecular formula is C11H13Br2NO2. The van der Waals surface area contributed by atoms with E-state index in [-0.39, 0.29) is 10.6 Å². The lowest BCUT2D eigenvalue weighted by atomic mass is 9.93. The summed E-state index contributed by atoms with van der Waals surface area (Å²) in [5.74, 6) is 0. The van der Waals surface area contributed by atoms with Crippen LogP contribution in [-0.4, -0.2) is 4.92 Å². The monoisotopic (exact) mass is 349 g/mol. The van der Waals surface area contributed by atoms with Gasteiger partial charge in [-0.3, -0.25) is 10.1 Å². The highest BCUT2D eigenvalue weighted by molar-refractivity contribution is 9.08. The van der Waals surface area contributed by atoms with E-state index in [4.69, 9.17) is 0 Å². The second-order valence-electron chi connectivity index (χ2n) is 3.71. The number of benzene rings is 1. The molecule has 0 amide bonds. The second-order valence-corrected chi connectivity index (χ2v) is 4.83. The van der Waals surface area contributed by atoms with Crippen LogP contribution in [0.15, 0.2) is 0 Å². The van der Waals surface area contributed by atoms with Gasteiger partial charge in [0.2, 0.25) is 0 Å². The Morgan fingerprint density at radius 2 is 1.38 bits per heavy atom. The highest BCUT2D eigenvalue weighted by Gasteiger charge is 2.23.